The van der Waals surface area contributed by atoms with E-state index >= 15 is 0 Å². The van der Waals surface area contributed by atoms with Crippen molar-refractivity contribution >= 4 is 23.4 Å². The largest absolute Gasteiger partial charge is 0.381 e. The predicted molar refractivity (Wildman–Crippen MR) is 121 cm³/mol. The highest BCUT2D eigenvalue weighted by atomic mass is 16.5. The maximum absolute atomic E-state index is 13.2. The van der Waals surface area contributed by atoms with E-state index in [1.807, 2.05) is 6.92 Å². The van der Waals surface area contributed by atoms with Gasteiger partial charge < -0.3 is 20.3 Å². The molecule has 10 heteroatoms. The summed E-state index contributed by atoms with van der Waals surface area (Å²) in [4.78, 5) is 39.3. The molecule has 0 bridgehead atoms. The Morgan fingerprint density at radius 2 is 2.06 bits per heavy atom. The standard InChI is InChI=1S/C24H26N6O4/c1-14-10-29(13-26-22(31)7-16-11-34-12-16)24(33)21-8-20(28-30(14)21)18-5-2-15(9-25)6-19(18)27-23(32)17-3-4-17/h2,5-6,8,14,16-17H,3-4,7,10-13H2,1H3,(H,26,31)(H,27,32)/t14-/m0/s1. The monoisotopic (exact) mass is 462 g/mol. The topological polar surface area (TPSA) is 129 Å². The SMILES string of the molecule is C[C@H]1CN(CNC(=O)CC2COC2)C(=O)c2cc(-c3ccc(C#N)cc3NC(=O)C3CC3)nn21. The normalized spacial score (nSPS) is 19.7. The van der Waals surface area contributed by atoms with Gasteiger partial charge in [0.15, 0.2) is 0 Å². The Morgan fingerprint density at radius 3 is 2.74 bits per heavy atom. The van der Waals surface area contributed by atoms with E-state index in [0.717, 1.165) is 12.8 Å². The zero-order valence-corrected chi connectivity index (χ0v) is 18.9. The molecule has 2 fully saturated rings. The lowest BCUT2D eigenvalue weighted by molar-refractivity contribution is -0.127. The molecule has 1 saturated carbocycles. The van der Waals surface area contributed by atoms with Gasteiger partial charge in [-0.2, -0.15) is 10.4 Å². The fourth-order valence-corrected chi connectivity index (χ4v) is 4.24. The number of carbonyl (C=O) groups excluding carboxylic acids is 3. The molecule has 3 aliphatic rings. The van der Waals surface area contributed by atoms with Crippen LogP contribution in [-0.4, -0.2) is 58.8 Å². The molecule has 176 valence electrons. The summed E-state index contributed by atoms with van der Waals surface area (Å²) in [5, 5.41) is 19.7. The first-order valence-corrected chi connectivity index (χ1v) is 11.5. The van der Waals surface area contributed by atoms with Gasteiger partial charge in [-0.1, -0.05) is 0 Å². The fraction of sp³-hybridized carbons (Fsp3) is 0.458. The molecule has 1 saturated heterocycles. The summed E-state index contributed by atoms with van der Waals surface area (Å²) in [7, 11) is 0. The molecule has 5 rings (SSSR count). The van der Waals surface area contributed by atoms with Gasteiger partial charge in [-0.15, -0.1) is 0 Å². The van der Waals surface area contributed by atoms with Crippen molar-refractivity contribution in [2.24, 2.45) is 11.8 Å². The number of anilines is 1. The highest BCUT2D eigenvalue weighted by molar-refractivity contribution is 5.99. The van der Waals surface area contributed by atoms with Crippen LogP contribution in [0.4, 0.5) is 5.69 Å². The summed E-state index contributed by atoms with van der Waals surface area (Å²) in [6.45, 7) is 3.72. The number of benzene rings is 1. The zero-order valence-electron chi connectivity index (χ0n) is 18.9. The lowest BCUT2D eigenvalue weighted by Crippen LogP contribution is -2.48. The number of carbonyl (C=O) groups is 3. The van der Waals surface area contributed by atoms with E-state index in [1.165, 1.54) is 0 Å². The maximum atomic E-state index is 13.2. The lowest BCUT2D eigenvalue weighted by Gasteiger charge is -2.32. The van der Waals surface area contributed by atoms with E-state index in [2.05, 4.69) is 21.8 Å². The molecule has 1 atom stereocenters. The van der Waals surface area contributed by atoms with Crippen LogP contribution in [0.15, 0.2) is 24.3 Å². The van der Waals surface area contributed by atoms with Crippen molar-refractivity contribution in [1.29, 1.82) is 5.26 Å². The van der Waals surface area contributed by atoms with Gasteiger partial charge in [0.2, 0.25) is 11.8 Å². The van der Waals surface area contributed by atoms with Crippen LogP contribution in [0.1, 0.15) is 48.3 Å². The van der Waals surface area contributed by atoms with E-state index in [0.29, 0.717) is 54.4 Å². The van der Waals surface area contributed by atoms with Crippen LogP contribution in [0.5, 0.6) is 0 Å². The van der Waals surface area contributed by atoms with Crippen molar-refractivity contribution < 1.29 is 19.1 Å². The third-order valence-corrected chi connectivity index (χ3v) is 6.42. The summed E-state index contributed by atoms with van der Waals surface area (Å²) in [6, 6.07) is 8.74. The highest BCUT2D eigenvalue weighted by Gasteiger charge is 2.33. The number of nitrogens with zero attached hydrogens (tertiary/aromatic N) is 4. The second kappa shape index (κ2) is 8.91. The van der Waals surface area contributed by atoms with E-state index in [-0.39, 0.29) is 42.3 Å². The second-order valence-electron chi connectivity index (χ2n) is 9.24. The summed E-state index contributed by atoms with van der Waals surface area (Å²) < 4.78 is 6.79. The molecule has 2 aromatic rings. The fourth-order valence-electron chi connectivity index (χ4n) is 4.24. The molecule has 1 aliphatic carbocycles. The van der Waals surface area contributed by atoms with Gasteiger partial charge in [0.25, 0.3) is 5.91 Å². The maximum Gasteiger partial charge on any atom is 0.273 e. The summed E-state index contributed by atoms with van der Waals surface area (Å²) >= 11 is 0. The van der Waals surface area contributed by atoms with Crippen LogP contribution in [0, 0.1) is 23.2 Å². The molecule has 2 aliphatic heterocycles. The Morgan fingerprint density at radius 1 is 1.26 bits per heavy atom. The summed E-state index contributed by atoms with van der Waals surface area (Å²) in [6.07, 6.45) is 2.13. The molecule has 3 amide bonds. The molecule has 0 unspecified atom stereocenters. The van der Waals surface area contributed by atoms with Gasteiger partial charge in [0.1, 0.15) is 5.69 Å². The second-order valence-corrected chi connectivity index (χ2v) is 9.24. The number of amides is 3. The van der Waals surface area contributed by atoms with Crippen LogP contribution >= 0.6 is 0 Å². The highest BCUT2D eigenvalue weighted by Crippen LogP contribution is 2.34. The van der Waals surface area contributed by atoms with Crippen LogP contribution in [0.3, 0.4) is 0 Å². The van der Waals surface area contributed by atoms with Crippen LogP contribution in [-0.2, 0) is 14.3 Å². The van der Waals surface area contributed by atoms with Crippen LogP contribution in [0.2, 0.25) is 0 Å². The minimum absolute atomic E-state index is 0.0102. The number of rotatable bonds is 7. The number of hydrogen-bond acceptors (Lipinski definition) is 6. The molecule has 0 spiro atoms. The van der Waals surface area contributed by atoms with Crippen molar-refractivity contribution in [2.75, 3.05) is 31.7 Å². The Balaban J connectivity index is 1.35. The smallest absolute Gasteiger partial charge is 0.273 e. The predicted octanol–water partition coefficient (Wildman–Crippen LogP) is 1.90. The molecule has 2 N–H and O–H groups in total. The number of nitriles is 1. The number of aromatic nitrogens is 2. The Bertz CT molecular complexity index is 1190. The summed E-state index contributed by atoms with van der Waals surface area (Å²) in [5.41, 5.74) is 2.55. The number of ether oxygens (including phenoxy) is 1. The third kappa shape index (κ3) is 4.39. The first-order valence-electron chi connectivity index (χ1n) is 11.5. The van der Waals surface area contributed by atoms with Gasteiger partial charge in [-0.05, 0) is 44.0 Å². The molecule has 1 aromatic heterocycles. The van der Waals surface area contributed by atoms with E-state index in [9.17, 15) is 19.6 Å². The van der Waals surface area contributed by atoms with Crippen molar-refractivity contribution in [2.45, 2.75) is 32.2 Å². The minimum atomic E-state index is -0.221. The van der Waals surface area contributed by atoms with Gasteiger partial charge in [0, 0.05) is 30.4 Å². The molecular formula is C24H26N6O4. The van der Waals surface area contributed by atoms with Crippen LogP contribution < -0.4 is 10.6 Å². The van der Waals surface area contributed by atoms with Crippen molar-refractivity contribution in [3.8, 4) is 17.3 Å². The molecule has 10 nitrogen and oxygen atoms in total. The Hall–Kier alpha value is -3.71. The van der Waals surface area contributed by atoms with Crippen LogP contribution in [0.25, 0.3) is 11.3 Å². The van der Waals surface area contributed by atoms with E-state index in [4.69, 9.17) is 4.74 Å². The minimum Gasteiger partial charge on any atom is -0.381 e. The third-order valence-electron chi connectivity index (χ3n) is 6.42. The quantitative estimate of drug-likeness (QED) is 0.647. The lowest BCUT2D eigenvalue weighted by atomic mass is 10.0. The Kier molecular flexibility index (Phi) is 5.79. The van der Waals surface area contributed by atoms with Gasteiger partial charge in [-0.25, -0.2) is 0 Å². The summed E-state index contributed by atoms with van der Waals surface area (Å²) in [5.74, 6) is -0.124. The molecular weight excluding hydrogens is 436 g/mol. The Labute approximate surface area is 196 Å². The first-order chi connectivity index (χ1) is 16.4. The average Bonchev–Trinajstić information content (AvgIpc) is 3.56. The van der Waals surface area contributed by atoms with Gasteiger partial charge >= 0.3 is 0 Å². The van der Waals surface area contributed by atoms with E-state index in [1.54, 1.807) is 33.8 Å². The average molecular weight is 463 g/mol. The molecule has 34 heavy (non-hydrogen) atoms. The van der Waals surface area contributed by atoms with E-state index < -0.39 is 0 Å². The van der Waals surface area contributed by atoms with Crippen molar-refractivity contribution in [1.82, 2.24) is 20.0 Å². The van der Waals surface area contributed by atoms with Crippen molar-refractivity contribution in [3.05, 3.63) is 35.5 Å². The number of nitrogens with one attached hydrogen (secondary N) is 2. The number of hydrogen-bond donors (Lipinski definition) is 2. The molecule has 0 radical (unpaired) electrons. The molecule has 1 aromatic carbocycles. The molecule has 3 heterocycles. The first kappa shape index (κ1) is 22.1. The zero-order chi connectivity index (χ0) is 23.8. The van der Waals surface area contributed by atoms with Gasteiger partial charge in [-0.3, -0.25) is 19.1 Å². The number of fused-ring (bicyclic) bond motifs is 1. The van der Waals surface area contributed by atoms with Gasteiger partial charge in [0.05, 0.1) is 48.9 Å². The van der Waals surface area contributed by atoms with Crippen molar-refractivity contribution in [3.63, 3.8) is 0 Å².